The molecule has 0 atom stereocenters. The molecule has 0 aromatic carbocycles. The van der Waals surface area contributed by atoms with Crippen LogP contribution in [-0.4, -0.2) is 60.6 Å². The molecule has 1 N–H and O–H groups in total. The van der Waals surface area contributed by atoms with Crippen LogP contribution in [0.5, 0.6) is 0 Å². The average Bonchev–Trinajstić information content (AvgIpc) is 2.38. The second-order valence-corrected chi connectivity index (χ2v) is 7.21. The zero-order valence-electron chi connectivity index (χ0n) is 13.1. The van der Waals surface area contributed by atoms with Crippen LogP contribution in [0, 0.1) is 0 Å². The molecular formula is C14H27N3O2S. The Morgan fingerprint density at radius 1 is 1.50 bits per heavy atom. The highest BCUT2D eigenvalue weighted by Gasteiger charge is 2.28. The zero-order chi connectivity index (χ0) is 15.0. The van der Waals surface area contributed by atoms with E-state index >= 15 is 0 Å². The van der Waals surface area contributed by atoms with Crippen molar-refractivity contribution in [2.75, 3.05) is 39.0 Å². The summed E-state index contributed by atoms with van der Waals surface area (Å²) in [5.41, 5.74) is 0. The molecule has 1 aliphatic heterocycles. The van der Waals surface area contributed by atoms with Gasteiger partial charge in [-0.05, 0) is 27.2 Å². The van der Waals surface area contributed by atoms with Gasteiger partial charge in [-0.25, -0.2) is 0 Å². The Labute approximate surface area is 126 Å². The first-order valence-corrected chi connectivity index (χ1v) is 8.22. The van der Waals surface area contributed by atoms with E-state index in [4.69, 9.17) is 4.74 Å². The Morgan fingerprint density at radius 3 is 2.85 bits per heavy atom. The van der Waals surface area contributed by atoms with E-state index in [1.165, 1.54) is 0 Å². The topological polar surface area (TPSA) is 53.9 Å². The SMILES string of the molecule is CCOC(=O)CCCNC(=NC)N1CCSC(C)(C)C1. The molecule has 20 heavy (non-hydrogen) atoms. The minimum Gasteiger partial charge on any atom is -0.466 e. The summed E-state index contributed by atoms with van der Waals surface area (Å²) in [5.74, 6) is 1.93. The smallest absolute Gasteiger partial charge is 0.305 e. The maximum Gasteiger partial charge on any atom is 0.305 e. The van der Waals surface area contributed by atoms with E-state index in [1.54, 1.807) is 0 Å². The number of nitrogens with one attached hydrogen (secondary N) is 1. The van der Waals surface area contributed by atoms with E-state index in [9.17, 15) is 4.79 Å². The van der Waals surface area contributed by atoms with Crippen LogP contribution in [0.1, 0.15) is 33.6 Å². The van der Waals surface area contributed by atoms with Gasteiger partial charge < -0.3 is 15.0 Å². The van der Waals surface area contributed by atoms with Gasteiger partial charge in [0.1, 0.15) is 0 Å². The van der Waals surface area contributed by atoms with Crippen LogP contribution < -0.4 is 5.32 Å². The van der Waals surface area contributed by atoms with Crippen molar-refractivity contribution in [2.45, 2.75) is 38.4 Å². The molecule has 0 bridgehead atoms. The zero-order valence-corrected chi connectivity index (χ0v) is 13.9. The quantitative estimate of drug-likeness (QED) is 0.363. The number of hydrogen-bond acceptors (Lipinski definition) is 4. The number of thioether (sulfide) groups is 1. The lowest BCUT2D eigenvalue weighted by molar-refractivity contribution is -0.143. The standard InChI is InChI=1S/C14H27N3O2S/c1-5-19-12(18)7-6-8-16-13(15-4)17-9-10-20-14(2,3)11-17/h5-11H2,1-4H3,(H,15,16). The fourth-order valence-corrected chi connectivity index (χ4v) is 3.31. The average molecular weight is 301 g/mol. The highest BCUT2D eigenvalue weighted by atomic mass is 32.2. The number of guanidine groups is 1. The number of aliphatic imine (C=N–C) groups is 1. The minimum atomic E-state index is -0.125. The number of esters is 1. The minimum absolute atomic E-state index is 0.125. The van der Waals surface area contributed by atoms with Crippen molar-refractivity contribution < 1.29 is 9.53 Å². The summed E-state index contributed by atoms with van der Waals surface area (Å²) in [7, 11) is 1.81. The molecule has 0 unspecified atom stereocenters. The first kappa shape index (κ1) is 17.1. The summed E-state index contributed by atoms with van der Waals surface area (Å²) >= 11 is 2.00. The van der Waals surface area contributed by atoms with Crippen LogP contribution in [0.3, 0.4) is 0 Å². The first-order chi connectivity index (χ1) is 9.48. The third-order valence-electron chi connectivity index (χ3n) is 3.08. The number of nitrogens with zero attached hydrogens (tertiary/aromatic N) is 2. The molecule has 0 spiro atoms. The number of carbonyl (C=O) groups is 1. The molecule has 1 saturated heterocycles. The number of ether oxygens (including phenoxy) is 1. The Hall–Kier alpha value is -0.910. The number of hydrogen-bond donors (Lipinski definition) is 1. The van der Waals surface area contributed by atoms with Gasteiger partial charge >= 0.3 is 5.97 Å². The van der Waals surface area contributed by atoms with E-state index in [1.807, 2.05) is 25.7 Å². The molecule has 0 saturated carbocycles. The second-order valence-electron chi connectivity index (χ2n) is 5.41. The van der Waals surface area contributed by atoms with E-state index in [2.05, 4.69) is 29.1 Å². The van der Waals surface area contributed by atoms with Gasteiger partial charge in [0.05, 0.1) is 6.61 Å². The van der Waals surface area contributed by atoms with Crippen molar-refractivity contribution in [1.82, 2.24) is 10.2 Å². The van der Waals surface area contributed by atoms with Crippen molar-refractivity contribution in [3.05, 3.63) is 0 Å². The fraction of sp³-hybridized carbons (Fsp3) is 0.857. The highest BCUT2D eigenvalue weighted by molar-refractivity contribution is 8.00. The van der Waals surface area contributed by atoms with Gasteiger partial charge in [0, 0.05) is 43.6 Å². The van der Waals surface area contributed by atoms with E-state index < -0.39 is 0 Å². The van der Waals surface area contributed by atoms with Crippen LogP contribution in [0.15, 0.2) is 4.99 Å². The Balaban J connectivity index is 2.31. The molecule has 0 aromatic rings. The van der Waals surface area contributed by atoms with Crippen molar-refractivity contribution >= 4 is 23.7 Å². The summed E-state index contributed by atoms with van der Waals surface area (Å²) in [6.45, 7) is 9.56. The summed E-state index contributed by atoms with van der Waals surface area (Å²) in [5, 5.41) is 3.33. The van der Waals surface area contributed by atoms with Crippen LogP contribution >= 0.6 is 11.8 Å². The van der Waals surface area contributed by atoms with Crippen LogP contribution in [0.4, 0.5) is 0 Å². The number of carbonyl (C=O) groups excluding carboxylic acids is 1. The molecule has 1 fully saturated rings. The predicted octanol–water partition coefficient (Wildman–Crippen LogP) is 1.73. The molecule has 1 rings (SSSR count). The van der Waals surface area contributed by atoms with Gasteiger partial charge in [0.15, 0.2) is 5.96 Å². The molecular weight excluding hydrogens is 274 g/mol. The van der Waals surface area contributed by atoms with Gasteiger partial charge in [-0.15, -0.1) is 0 Å². The summed E-state index contributed by atoms with van der Waals surface area (Å²) in [6.07, 6.45) is 1.23. The molecule has 116 valence electrons. The van der Waals surface area contributed by atoms with Gasteiger partial charge in [0.25, 0.3) is 0 Å². The van der Waals surface area contributed by atoms with Crippen LogP contribution in [-0.2, 0) is 9.53 Å². The van der Waals surface area contributed by atoms with E-state index in [0.717, 1.165) is 37.8 Å². The molecule has 5 nitrogen and oxygen atoms in total. The Bertz CT molecular complexity index is 345. The Kier molecular flexibility index (Phi) is 7.19. The normalized spacial score (nSPS) is 18.8. The van der Waals surface area contributed by atoms with Gasteiger partial charge in [0.2, 0.25) is 0 Å². The van der Waals surface area contributed by atoms with E-state index in [-0.39, 0.29) is 10.7 Å². The molecule has 0 aliphatic carbocycles. The van der Waals surface area contributed by atoms with Gasteiger partial charge in [-0.3, -0.25) is 9.79 Å². The lowest BCUT2D eigenvalue weighted by Gasteiger charge is -2.39. The highest BCUT2D eigenvalue weighted by Crippen LogP contribution is 2.29. The lowest BCUT2D eigenvalue weighted by Crippen LogP contribution is -2.51. The Morgan fingerprint density at radius 2 is 2.25 bits per heavy atom. The summed E-state index contributed by atoms with van der Waals surface area (Å²) in [4.78, 5) is 17.9. The van der Waals surface area contributed by atoms with Gasteiger partial charge in [-0.2, -0.15) is 11.8 Å². The maximum atomic E-state index is 11.3. The summed E-state index contributed by atoms with van der Waals surface area (Å²) < 4.78 is 5.17. The monoisotopic (exact) mass is 301 g/mol. The predicted molar refractivity (Wildman–Crippen MR) is 85.3 cm³/mol. The van der Waals surface area contributed by atoms with Crippen molar-refractivity contribution in [3.63, 3.8) is 0 Å². The van der Waals surface area contributed by atoms with Crippen molar-refractivity contribution in [2.24, 2.45) is 4.99 Å². The van der Waals surface area contributed by atoms with Crippen molar-refractivity contribution in [1.29, 1.82) is 0 Å². The van der Waals surface area contributed by atoms with Crippen LogP contribution in [0.2, 0.25) is 0 Å². The van der Waals surface area contributed by atoms with E-state index in [0.29, 0.717) is 13.0 Å². The molecule has 0 aromatic heterocycles. The molecule has 1 heterocycles. The van der Waals surface area contributed by atoms with Crippen molar-refractivity contribution in [3.8, 4) is 0 Å². The lowest BCUT2D eigenvalue weighted by atomic mass is 10.2. The third kappa shape index (κ3) is 6.03. The molecule has 0 radical (unpaired) electrons. The summed E-state index contributed by atoms with van der Waals surface area (Å²) in [6, 6.07) is 0. The molecule has 1 aliphatic rings. The third-order valence-corrected chi connectivity index (χ3v) is 4.38. The molecule has 6 heteroatoms. The fourth-order valence-electron chi connectivity index (χ4n) is 2.20. The van der Waals surface area contributed by atoms with Crippen LogP contribution in [0.25, 0.3) is 0 Å². The van der Waals surface area contributed by atoms with Gasteiger partial charge in [-0.1, -0.05) is 0 Å². The first-order valence-electron chi connectivity index (χ1n) is 7.23. The number of rotatable bonds is 5. The molecule has 0 amide bonds. The largest absolute Gasteiger partial charge is 0.466 e. The second kappa shape index (κ2) is 8.39. The maximum absolute atomic E-state index is 11.3.